The van der Waals surface area contributed by atoms with Crippen LogP contribution in [0.2, 0.25) is 0 Å². The molecule has 134 valence electrons. The van der Waals surface area contributed by atoms with Gasteiger partial charge in [-0.1, -0.05) is 6.07 Å². The molecule has 5 nitrogen and oxygen atoms in total. The largest absolute Gasteiger partial charge is 0.494 e. The molecule has 0 aliphatic rings. The van der Waals surface area contributed by atoms with Crippen LogP contribution in [-0.2, 0) is 11.4 Å². The van der Waals surface area contributed by atoms with Crippen LogP contribution in [0.4, 0.5) is 15.8 Å². The summed E-state index contributed by atoms with van der Waals surface area (Å²) >= 11 is 0. The summed E-state index contributed by atoms with van der Waals surface area (Å²) in [6.07, 6.45) is 0.220. The van der Waals surface area contributed by atoms with Crippen molar-refractivity contribution in [2.45, 2.75) is 32.9 Å². The normalized spacial score (nSPS) is 11.7. The Bertz CT molecular complexity index is 722. The highest BCUT2D eigenvalue weighted by molar-refractivity contribution is 5.91. The summed E-state index contributed by atoms with van der Waals surface area (Å²) in [5.41, 5.74) is 1.91. The molecule has 0 fully saturated rings. The maximum absolute atomic E-state index is 13.1. The number of amides is 1. The number of hydrogen-bond donors (Lipinski definition) is 3. The zero-order valence-corrected chi connectivity index (χ0v) is 14.4. The van der Waals surface area contributed by atoms with Crippen LogP contribution in [0.3, 0.4) is 0 Å². The number of ether oxygens (including phenoxy) is 1. The maximum Gasteiger partial charge on any atom is 0.226 e. The molecular formula is C19H23FN2O3. The van der Waals surface area contributed by atoms with E-state index in [1.54, 1.807) is 24.3 Å². The smallest absolute Gasteiger partial charge is 0.226 e. The topological polar surface area (TPSA) is 70.6 Å². The Balaban J connectivity index is 1.93. The van der Waals surface area contributed by atoms with E-state index < -0.39 is 5.82 Å². The standard InChI is InChI=1S/C19H23FN2O3/c1-3-25-18-8-7-17(10-14(18)12-23)21-13(2)9-19(24)22-16-6-4-5-15(20)11-16/h4-8,10-11,13,21,23H,3,9,12H2,1-2H3,(H,22,24). The lowest BCUT2D eigenvalue weighted by Crippen LogP contribution is -2.23. The fourth-order valence-electron chi connectivity index (χ4n) is 2.48. The van der Waals surface area contributed by atoms with Crippen LogP contribution in [0.1, 0.15) is 25.8 Å². The molecule has 0 aliphatic heterocycles. The first-order valence-corrected chi connectivity index (χ1v) is 8.20. The minimum atomic E-state index is -0.394. The molecule has 0 bridgehead atoms. The van der Waals surface area contributed by atoms with Crippen molar-refractivity contribution in [3.05, 3.63) is 53.8 Å². The van der Waals surface area contributed by atoms with Crippen molar-refractivity contribution < 1.29 is 19.0 Å². The van der Waals surface area contributed by atoms with E-state index in [1.807, 2.05) is 19.9 Å². The summed E-state index contributed by atoms with van der Waals surface area (Å²) in [4.78, 5) is 12.1. The number of anilines is 2. The van der Waals surface area contributed by atoms with Gasteiger partial charge in [-0.05, 0) is 50.2 Å². The van der Waals surface area contributed by atoms with Crippen molar-refractivity contribution in [3.63, 3.8) is 0 Å². The van der Waals surface area contributed by atoms with Crippen molar-refractivity contribution in [2.75, 3.05) is 17.2 Å². The molecule has 2 aromatic carbocycles. The highest BCUT2D eigenvalue weighted by Gasteiger charge is 2.11. The van der Waals surface area contributed by atoms with E-state index in [-0.39, 0.29) is 25.0 Å². The van der Waals surface area contributed by atoms with Crippen LogP contribution in [0.5, 0.6) is 5.75 Å². The average molecular weight is 346 g/mol. The summed E-state index contributed by atoms with van der Waals surface area (Å²) in [6.45, 7) is 4.16. The van der Waals surface area contributed by atoms with Crippen LogP contribution < -0.4 is 15.4 Å². The van der Waals surface area contributed by atoms with Gasteiger partial charge in [0.05, 0.1) is 13.2 Å². The number of aliphatic hydroxyl groups excluding tert-OH is 1. The Morgan fingerprint density at radius 3 is 2.72 bits per heavy atom. The van der Waals surface area contributed by atoms with Crippen LogP contribution in [0, 0.1) is 5.82 Å². The third-order valence-electron chi connectivity index (χ3n) is 3.54. The highest BCUT2D eigenvalue weighted by atomic mass is 19.1. The van der Waals surface area contributed by atoms with Crippen molar-refractivity contribution in [2.24, 2.45) is 0 Å². The Morgan fingerprint density at radius 2 is 2.04 bits per heavy atom. The third kappa shape index (κ3) is 5.76. The van der Waals surface area contributed by atoms with E-state index >= 15 is 0 Å². The van der Waals surface area contributed by atoms with Gasteiger partial charge in [0.25, 0.3) is 0 Å². The molecule has 2 aromatic rings. The fraction of sp³-hybridized carbons (Fsp3) is 0.316. The van der Waals surface area contributed by atoms with E-state index in [0.717, 1.165) is 5.69 Å². The van der Waals surface area contributed by atoms with Crippen molar-refractivity contribution in [1.29, 1.82) is 0 Å². The first-order valence-electron chi connectivity index (χ1n) is 8.20. The summed E-state index contributed by atoms with van der Waals surface area (Å²) in [5, 5.41) is 15.3. The second-order valence-electron chi connectivity index (χ2n) is 5.72. The second kappa shape index (κ2) is 9.03. The van der Waals surface area contributed by atoms with Crippen molar-refractivity contribution in [1.82, 2.24) is 0 Å². The van der Waals surface area contributed by atoms with E-state index in [0.29, 0.717) is 23.6 Å². The van der Waals surface area contributed by atoms with Crippen molar-refractivity contribution >= 4 is 17.3 Å². The van der Waals surface area contributed by atoms with Crippen LogP contribution in [-0.4, -0.2) is 23.7 Å². The molecule has 25 heavy (non-hydrogen) atoms. The summed E-state index contributed by atoms with van der Waals surface area (Å²) in [5.74, 6) is 0.0425. The SMILES string of the molecule is CCOc1ccc(NC(C)CC(=O)Nc2cccc(F)c2)cc1CO. The van der Waals surface area contributed by atoms with E-state index in [1.165, 1.54) is 12.1 Å². The zero-order valence-electron chi connectivity index (χ0n) is 14.4. The van der Waals surface area contributed by atoms with Gasteiger partial charge in [0.15, 0.2) is 0 Å². The van der Waals surface area contributed by atoms with Gasteiger partial charge in [0, 0.05) is 29.4 Å². The van der Waals surface area contributed by atoms with Gasteiger partial charge in [0.1, 0.15) is 11.6 Å². The quantitative estimate of drug-likeness (QED) is 0.684. The molecule has 1 atom stereocenters. The zero-order chi connectivity index (χ0) is 18.2. The van der Waals surface area contributed by atoms with Gasteiger partial charge in [-0.15, -0.1) is 0 Å². The maximum atomic E-state index is 13.1. The molecule has 0 heterocycles. The molecule has 0 aromatic heterocycles. The predicted molar refractivity (Wildman–Crippen MR) is 96.3 cm³/mol. The summed E-state index contributed by atoms with van der Waals surface area (Å²) in [7, 11) is 0. The molecule has 0 aliphatic carbocycles. The number of rotatable bonds is 8. The highest BCUT2D eigenvalue weighted by Crippen LogP contribution is 2.23. The molecule has 6 heteroatoms. The van der Waals surface area contributed by atoms with Gasteiger partial charge in [-0.2, -0.15) is 0 Å². The van der Waals surface area contributed by atoms with Gasteiger partial charge in [-0.25, -0.2) is 4.39 Å². The van der Waals surface area contributed by atoms with Crippen molar-refractivity contribution in [3.8, 4) is 5.75 Å². The Labute approximate surface area is 146 Å². The molecule has 1 amide bonds. The van der Waals surface area contributed by atoms with E-state index in [2.05, 4.69) is 10.6 Å². The lowest BCUT2D eigenvalue weighted by atomic mass is 10.1. The van der Waals surface area contributed by atoms with Crippen LogP contribution in [0.15, 0.2) is 42.5 Å². The molecular weight excluding hydrogens is 323 g/mol. The first-order chi connectivity index (χ1) is 12.0. The predicted octanol–water partition coefficient (Wildman–Crippen LogP) is 3.55. The van der Waals surface area contributed by atoms with Crippen LogP contribution in [0.25, 0.3) is 0 Å². The Morgan fingerprint density at radius 1 is 1.24 bits per heavy atom. The minimum absolute atomic E-state index is 0.126. The Kier molecular flexibility index (Phi) is 6.77. The molecule has 0 saturated heterocycles. The molecule has 0 radical (unpaired) electrons. The second-order valence-corrected chi connectivity index (χ2v) is 5.72. The monoisotopic (exact) mass is 346 g/mol. The fourth-order valence-corrected chi connectivity index (χ4v) is 2.48. The van der Waals surface area contributed by atoms with Crippen LogP contribution >= 0.6 is 0 Å². The average Bonchev–Trinajstić information content (AvgIpc) is 2.56. The number of carbonyl (C=O) groups excluding carboxylic acids is 1. The number of benzene rings is 2. The summed E-state index contributed by atoms with van der Waals surface area (Å²) in [6, 6.07) is 11.1. The molecule has 0 saturated carbocycles. The van der Waals surface area contributed by atoms with Gasteiger partial charge in [0.2, 0.25) is 5.91 Å². The molecule has 3 N–H and O–H groups in total. The molecule has 2 rings (SSSR count). The molecule has 1 unspecified atom stereocenters. The molecule has 0 spiro atoms. The summed E-state index contributed by atoms with van der Waals surface area (Å²) < 4.78 is 18.6. The van der Waals surface area contributed by atoms with Gasteiger partial charge < -0.3 is 20.5 Å². The number of carbonyl (C=O) groups is 1. The minimum Gasteiger partial charge on any atom is -0.494 e. The Hall–Kier alpha value is -2.60. The first kappa shape index (κ1) is 18.7. The van der Waals surface area contributed by atoms with Gasteiger partial charge in [-0.3, -0.25) is 4.79 Å². The van der Waals surface area contributed by atoms with E-state index in [9.17, 15) is 14.3 Å². The number of hydrogen-bond acceptors (Lipinski definition) is 4. The van der Waals surface area contributed by atoms with E-state index in [4.69, 9.17) is 4.74 Å². The number of nitrogens with one attached hydrogen (secondary N) is 2. The van der Waals surface area contributed by atoms with Gasteiger partial charge >= 0.3 is 0 Å². The number of aliphatic hydroxyl groups is 1. The number of halogens is 1. The lowest BCUT2D eigenvalue weighted by Gasteiger charge is -2.17. The third-order valence-corrected chi connectivity index (χ3v) is 3.54. The lowest BCUT2D eigenvalue weighted by molar-refractivity contribution is -0.116.